The molecule has 0 amide bonds. The number of anilines is 2. The zero-order valence-electron chi connectivity index (χ0n) is 10.7. The van der Waals surface area contributed by atoms with E-state index < -0.39 is 5.97 Å². The third-order valence-corrected chi connectivity index (χ3v) is 2.75. The molecule has 5 heteroatoms. The Morgan fingerprint density at radius 1 is 1.50 bits per heavy atom. The van der Waals surface area contributed by atoms with E-state index in [1.54, 1.807) is 13.8 Å². The van der Waals surface area contributed by atoms with Gasteiger partial charge in [0.05, 0.1) is 18.0 Å². The molecule has 1 aromatic rings. The van der Waals surface area contributed by atoms with Gasteiger partial charge >= 0.3 is 5.97 Å². The van der Waals surface area contributed by atoms with Crippen molar-refractivity contribution in [3.8, 4) is 0 Å². The largest absolute Gasteiger partial charge is 0.462 e. The van der Waals surface area contributed by atoms with E-state index in [0.29, 0.717) is 17.1 Å². The van der Waals surface area contributed by atoms with Crippen LogP contribution in [0.1, 0.15) is 19.4 Å². The minimum atomic E-state index is -0.546. The van der Waals surface area contributed by atoms with Gasteiger partial charge in [0.1, 0.15) is 5.03 Å². The van der Waals surface area contributed by atoms with Crippen LogP contribution in [0.25, 0.3) is 0 Å². The number of esters is 1. The first-order valence-corrected chi connectivity index (χ1v) is 6.00. The molecule has 0 spiro atoms. The van der Waals surface area contributed by atoms with Crippen molar-refractivity contribution in [3.05, 3.63) is 34.5 Å². The first-order valence-electron chi connectivity index (χ1n) is 5.62. The zero-order valence-corrected chi connectivity index (χ0v) is 11.5. The number of ether oxygens (including phenoxy) is 1. The topological polar surface area (TPSA) is 64.3 Å². The van der Waals surface area contributed by atoms with Crippen LogP contribution in [0, 0.1) is 6.92 Å². The summed E-state index contributed by atoms with van der Waals surface area (Å²) in [5, 5.41) is 3.02. The van der Waals surface area contributed by atoms with Crippen LogP contribution in [0.15, 0.2) is 28.9 Å². The molecular formula is C13H17ClN2O2. The highest BCUT2D eigenvalue weighted by Gasteiger charge is 2.12. The molecule has 0 aliphatic heterocycles. The molecule has 0 bridgehead atoms. The van der Waals surface area contributed by atoms with Gasteiger partial charge in [-0.15, -0.1) is 0 Å². The maximum Gasteiger partial charge on any atom is 0.351 e. The molecule has 0 fully saturated rings. The monoisotopic (exact) mass is 268 g/mol. The van der Waals surface area contributed by atoms with E-state index in [1.807, 2.05) is 25.1 Å². The van der Waals surface area contributed by atoms with Crippen molar-refractivity contribution in [2.75, 3.05) is 17.7 Å². The quantitative estimate of drug-likeness (QED) is 0.500. The highest BCUT2D eigenvalue weighted by molar-refractivity contribution is 6.41. The van der Waals surface area contributed by atoms with Gasteiger partial charge in [-0.2, -0.15) is 0 Å². The summed E-state index contributed by atoms with van der Waals surface area (Å²) >= 11 is 5.90. The fourth-order valence-corrected chi connectivity index (χ4v) is 1.50. The van der Waals surface area contributed by atoms with Crippen molar-refractivity contribution in [2.45, 2.75) is 20.8 Å². The summed E-state index contributed by atoms with van der Waals surface area (Å²) < 4.78 is 4.81. The van der Waals surface area contributed by atoms with Gasteiger partial charge in [0.25, 0.3) is 0 Å². The SMILES string of the molecule is CCOC(=O)/C(Cl)=C(\C)Nc1ccc(C)cc1N. The number of carbonyl (C=O) groups is 1. The van der Waals surface area contributed by atoms with Crippen molar-refractivity contribution in [3.63, 3.8) is 0 Å². The second kappa shape index (κ2) is 6.31. The van der Waals surface area contributed by atoms with E-state index in [4.69, 9.17) is 22.1 Å². The van der Waals surface area contributed by atoms with E-state index in [0.717, 1.165) is 5.56 Å². The molecule has 0 radical (unpaired) electrons. The third kappa shape index (κ3) is 3.67. The fraction of sp³-hybridized carbons (Fsp3) is 0.308. The first-order chi connectivity index (χ1) is 8.45. The molecule has 0 saturated heterocycles. The van der Waals surface area contributed by atoms with Crippen LogP contribution in [-0.2, 0) is 9.53 Å². The van der Waals surface area contributed by atoms with E-state index in [9.17, 15) is 4.79 Å². The molecule has 4 nitrogen and oxygen atoms in total. The van der Waals surface area contributed by atoms with Gasteiger partial charge in [0, 0.05) is 5.70 Å². The van der Waals surface area contributed by atoms with Gasteiger partial charge in [-0.3, -0.25) is 0 Å². The summed E-state index contributed by atoms with van der Waals surface area (Å²) in [6, 6.07) is 5.60. The summed E-state index contributed by atoms with van der Waals surface area (Å²) in [4.78, 5) is 11.4. The van der Waals surface area contributed by atoms with Crippen molar-refractivity contribution in [1.29, 1.82) is 0 Å². The van der Waals surface area contributed by atoms with Crippen LogP contribution < -0.4 is 11.1 Å². The van der Waals surface area contributed by atoms with E-state index in [1.165, 1.54) is 0 Å². The predicted octanol–water partition coefficient (Wildman–Crippen LogP) is 3.02. The lowest BCUT2D eigenvalue weighted by atomic mass is 10.2. The van der Waals surface area contributed by atoms with Crippen LogP contribution in [0.4, 0.5) is 11.4 Å². The number of hydrogen-bond donors (Lipinski definition) is 2. The normalized spacial score (nSPS) is 11.8. The molecule has 3 N–H and O–H groups in total. The molecule has 98 valence electrons. The molecule has 1 rings (SSSR count). The Morgan fingerprint density at radius 3 is 2.72 bits per heavy atom. The van der Waals surface area contributed by atoms with Gasteiger partial charge < -0.3 is 15.8 Å². The van der Waals surface area contributed by atoms with Gasteiger partial charge in [-0.05, 0) is 38.5 Å². The van der Waals surface area contributed by atoms with Crippen molar-refractivity contribution in [1.82, 2.24) is 0 Å². The molecular weight excluding hydrogens is 252 g/mol. The van der Waals surface area contributed by atoms with Crippen LogP contribution in [0.3, 0.4) is 0 Å². The number of allylic oxidation sites excluding steroid dienone is 1. The average Bonchev–Trinajstić information content (AvgIpc) is 2.32. The lowest BCUT2D eigenvalue weighted by molar-refractivity contribution is -0.137. The Bertz CT molecular complexity index is 484. The van der Waals surface area contributed by atoms with Crippen LogP contribution in [0.2, 0.25) is 0 Å². The Hall–Kier alpha value is -1.68. The number of hydrogen-bond acceptors (Lipinski definition) is 4. The Labute approximate surface area is 112 Å². The molecule has 0 saturated carbocycles. The highest BCUT2D eigenvalue weighted by Crippen LogP contribution is 2.23. The van der Waals surface area contributed by atoms with E-state index in [2.05, 4.69) is 5.32 Å². The van der Waals surface area contributed by atoms with E-state index in [-0.39, 0.29) is 11.6 Å². The molecule has 0 unspecified atom stereocenters. The maximum absolute atomic E-state index is 11.4. The second-order valence-electron chi connectivity index (χ2n) is 3.88. The second-order valence-corrected chi connectivity index (χ2v) is 4.25. The van der Waals surface area contributed by atoms with Crippen LogP contribution >= 0.6 is 11.6 Å². The highest BCUT2D eigenvalue weighted by atomic mass is 35.5. The van der Waals surface area contributed by atoms with Crippen molar-refractivity contribution in [2.24, 2.45) is 0 Å². The number of carbonyl (C=O) groups excluding carboxylic acids is 1. The van der Waals surface area contributed by atoms with Crippen LogP contribution in [0.5, 0.6) is 0 Å². The summed E-state index contributed by atoms with van der Waals surface area (Å²) in [6.07, 6.45) is 0. The number of benzene rings is 1. The first kappa shape index (κ1) is 14.4. The number of aryl methyl sites for hydroxylation is 1. The molecule has 0 heterocycles. The predicted molar refractivity (Wildman–Crippen MR) is 74.4 cm³/mol. The number of nitrogens with two attached hydrogens (primary N) is 1. The maximum atomic E-state index is 11.4. The Kier molecular flexibility index (Phi) is 5.04. The van der Waals surface area contributed by atoms with Gasteiger partial charge in [-0.25, -0.2) is 4.79 Å². The number of rotatable bonds is 4. The minimum absolute atomic E-state index is 0.0248. The van der Waals surface area contributed by atoms with Crippen LogP contribution in [-0.4, -0.2) is 12.6 Å². The Balaban J connectivity index is 2.89. The molecule has 18 heavy (non-hydrogen) atoms. The molecule has 0 aliphatic carbocycles. The van der Waals surface area contributed by atoms with E-state index >= 15 is 0 Å². The molecule has 0 aromatic heterocycles. The summed E-state index contributed by atoms with van der Waals surface area (Å²) in [7, 11) is 0. The lowest BCUT2D eigenvalue weighted by Crippen LogP contribution is -2.09. The molecule has 0 aliphatic rings. The standard InChI is InChI=1S/C13H17ClN2O2/c1-4-18-13(17)12(14)9(3)16-11-6-5-8(2)7-10(11)15/h5-7,16H,4,15H2,1-3H3/b12-9-. The third-order valence-electron chi connectivity index (χ3n) is 2.31. The summed E-state index contributed by atoms with van der Waals surface area (Å²) in [6.45, 7) is 5.66. The smallest absolute Gasteiger partial charge is 0.351 e. The lowest BCUT2D eigenvalue weighted by Gasteiger charge is -2.11. The minimum Gasteiger partial charge on any atom is -0.462 e. The average molecular weight is 269 g/mol. The van der Waals surface area contributed by atoms with Gasteiger partial charge in [0.2, 0.25) is 0 Å². The van der Waals surface area contributed by atoms with Crippen molar-refractivity contribution < 1.29 is 9.53 Å². The Morgan fingerprint density at radius 2 is 2.17 bits per heavy atom. The fourth-order valence-electron chi connectivity index (χ4n) is 1.40. The van der Waals surface area contributed by atoms with Crippen molar-refractivity contribution >= 4 is 28.9 Å². The zero-order chi connectivity index (χ0) is 13.7. The number of nitrogen functional groups attached to an aromatic ring is 1. The van der Waals surface area contributed by atoms with Gasteiger partial charge in [-0.1, -0.05) is 17.7 Å². The number of halogens is 1. The molecule has 1 aromatic carbocycles. The molecule has 0 atom stereocenters. The van der Waals surface area contributed by atoms with Gasteiger partial charge in [0.15, 0.2) is 0 Å². The number of nitrogens with one attached hydrogen (secondary N) is 1. The summed E-state index contributed by atoms with van der Waals surface area (Å²) in [5.41, 5.74) is 8.74. The summed E-state index contributed by atoms with van der Waals surface area (Å²) in [5.74, 6) is -0.546.